The lowest BCUT2D eigenvalue weighted by Crippen LogP contribution is -2.51. The average Bonchev–Trinajstić information content (AvgIpc) is 2.00. The summed E-state index contributed by atoms with van der Waals surface area (Å²) >= 11 is 5.63. The van der Waals surface area contributed by atoms with Crippen LogP contribution >= 0.6 is 36.4 Å². The molecule has 0 aromatic carbocycles. The molecular weight excluding hydrogens is 246 g/mol. The molecule has 0 unspecified atom stereocenters. The topological polar surface area (TPSA) is 49.8 Å². The second-order valence-corrected chi connectivity index (χ2v) is 3.16. The van der Waals surface area contributed by atoms with E-state index in [0.717, 1.165) is 13.1 Å². The van der Waals surface area contributed by atoms with Crippen molar-refractivity contribution in [1.29, 1.82) is 0 Å². The smallest absolute Gasteiger partial charge is 0.222 e. The maximum absolute atomic E-state index is 5.63. The zero-order valence-corrected chi connectivity index (χ0v) is 9.62. The van der Waals surface area contributed by atoms with E-state index in [1.807, 2.05) is 0 Å². The van der Waals surface area contributed by atoms with E-state index in [0.29, 0.717) is 17.0 Å². The van der Waals surface area contributed by atoms with Gasteiger partial charge in [0.2, 0.25) is 5.95 Å². The minimum Gasteiger partial charge on any atom is -0.349 e. The van der Waals surface area contributed by atoms with Crippen LogP contribution in [0.5, 0.6) is 0 Å². The molecule has 2 rings (SSSR count). The van der Waals surface area contributed by atoms with Crippen molar-refractivity contribution in [2.24, 2.45) is 0 Å². The predicted molar refractivity (Wildman–Crippen MR) is 61.8 cm³/mol. The van der Waals surface area contributed by atoms with Gasteiger partial charge in [-0.15, -0.1) is 24.8 Å². The van der Waals surface area contributed by atoms with Gasteiger partial charge in [0.05, 0.1) is 23.5 Å². The van der Waals surface area contributed by atoms with Crippen LogP contribution in [0.1, 0.15) is 0 Å². The van der Waals surface area contributed by atoms with E-state index in [4.69, 9.17) is 11.6 Å². The molecular formula is C7H11Cl3N4. The number of anilines is 1. The van der Waals surface area contributed by atoms with Crippen LogP contribution in [0.3, 0.4) is 0 Å². The zero-order chi connectivity index (χ0) is 8.39. The van der Waals surface area contributed by atoms with Gasteiger partial charge in [-0.2, -0.15) is 0 Å². The van der Waals surface area contributed by atoms with Gasteiger partial charge in [0.25, 0.3) is 0 Å². The van der Waals surface area contributed by atoms with Gasteiger partial charge in [0.15, 0.2) is 0 Å². The van der Waals surface area contributed by atoms with Gasteiger partial charge in [0.1, 0.15) is 0 Å². The molecule has 1 aromatic rings. The van der Waals surface area contributed by atoms with Crippen LogP contribution in [-0.4, -0.2) is 29.1 Å². The third-order valence-corrected chi connectivity index (χ3v) is 1.93. The highest BCUT2D eigenvalue weighted by molar-refractivity contribution is 6.30. The highest BCUT2D eigenvalue weighted by Gasteiger charge is 2.16. The van der Waals surface area contributed by atoms with Crippen molar-refractivity contribution < 1.29 is 0 Å². The molecule has 2 N–H and O–H groups in total. The van der Waals surface area contributed by atoms with Gasteiger partial charge in [-0.1, -0.05) is 11.6 Å². The molecule has 2 heterocycles. The molecule has 0 atom stereocenters. The minimum atomic E-state index is 0. The van der Waals surface area contributed by atoms with Crippen LogP contribution in [0, 0.1) is 0 Å². The van der Waals surface area contributed by atoms with Crippen LogP contribution in [-0.2, 0) is 0 Å². The Morgan fingerprint density at radius 1 is 1.29 bits per heavy atom. The Kier molecular flexibility index (Phi) is 6.11. The fraction of sp³-hybridized carbons (Fsp3) is 0.429. The molecule has 4 nitrogen and oxygen atoms in total. The summed E-state index contributed by atoms with van der Waals surface area (Å²) in [6.45, 7) is 1.96. The number of hydrogen-bond acceptors (Lipinski definition) is 4. The highest BCUT2D eigenvalue weighted by atomic mass is 35.5. The molecule has 1 aromatic heterocycles. The molecule has 0 saturated carbocycles. The summed E-state index contributed by atoms with van der Waals surface area (Å²) in [5, 5.41) is 6.87. The molecule has 0 bridgehead atoms. The van der Waals surface area contributed by atoms with E-state index in [1.54, 1.807) is 12.4 Å². The predicted octanol–water partition coefficient (Wildman–Crippen LogP) is 1.36. The third-order valence-electron chi connectivity index (χ3n) is 1.74. The molecule has 0 spiro atoms. The molecule has 0 amide bonds. The lowest BCUT2D eigenvalue weighted by molar-refractivity contribution is 0.469. The Morgan fingerprint density at radius 3 is 2.29 bits per heavy atom. The van der Waals surface area contributed by atoms with E-state index in [1.165, 1.54) is 0 Å². The van der Waals surface area contributed by atoms with E-state index < -0.39 is 0 Å². The maximum Gasteiger partial charge on any atom is 0.222 e. The van der Waals surface area contributed by atoms with Gasteiger partial charge in [-0.3, -0.25) is 0 Å². The Bertz CT molecular complexity index is 262. The zero-order valence-electron chi connectivity index (χ0n) is 7.24. The first-order chi connectivity index (χ1) is 5.84. The summed E-state index contributed by atoms with van der Waals surface area (Å²) in [5.74, 6) is 0.644. The first-order valence-electron chi connectivity index (χ1n) is 3.79. The number of halogens is 3. The van der Waals surface area contributed by atoms with Crippen LogP contribution in [0.4, 0.5) is 5.95 Å². The van der Waals surface area contributed by atoms with Crippen molar-refractivity contribution >= 4 is 42.4 Å². The van der Waals surface area contributed by atoms with Crippen molar-refractivity contribution in [2.45, 2.75) is 6.04 Å². The fourth-order valence-corrected chi connectivity index (χ4v) is 1.06. The molecule has 0 radical (unpaired) electrons. The summed E-state index contributed by atoms with van der Waals surface area (Å²) in [7, 11) is 0. The standard InChI is InChI=1S/C7H9ClN4.2ClH/c8-5-1-10-7(11-2-5)12-6-3-9-4-6;;/h1-2,6,9H,3-4H2,(H,10,11,12);2*1H. The van der Waals surface area contributed by atoms with Gasteiger partial charge in [0, 0.05) is 13.1 Å². The number of rotatable bonds is 2. The Morgan fingerprint density at radius 2 is 1.86 bits per heavy atom. The van der Waals surface area contributed by atoms with Crippen molar-refractivity contribution in [3.63, 3.8) is 0 Å². The van der Waals surface area contributed by atoms with Crippen molar-refractivity contribution in [3.8, 4) is 0 Å². The third kappa shape index (κ3) is 3.46. The molecule has 14 heavy (non-hydrogen) atoms. The summed E-state index contributed by atoms with van der Waals surface area (Å²) in [6.07, 6.45) is 3.17. The van der Waals surface area contributed by atoms with Gasteiger partial charge in [-0.05, 0) is 0 Å². The van der Waals surface area contributed by atoms with Crippen LogP contribution in [0.15, 0.2) is 12.4 Å². The van der Waals surface area contributed by atoms with Crippen molar-refractivity contribution in [3.05, 3.63) is 17.4 Å². The van der Waals surface area contributed by atoms with Crippen LogP contribution in [0.25, 0.3) is 0 Å². The van der Waals surface area contributed by atoms with E-state index in [9.17, 15) is 0 Å². The lowest BCUT2D eigenvalue weighted by atomic mass is 10.2. The van der Waals surface area contributed by atoms with E-state index >= 15 is 0 Å². The fourth-order valence-electron chi connectivity index (χ4n) is 0.960. The van der Waals surface area contributed by atoms with Gasteiger partial charge in [-0.25, -0.2) is 9.97 Å². The summed E-state index contributed by atoms with van der Waals surface area (Å²) < 4.78 is 0. The molecule has 0 aliphatic carbocycles. The molecule has 1 aliphatic heterocycles. The SMILES string of the molecule is Cl.Cl.Clc1cnc(NC2CNC2)nc1. The number of aromatic nitrogens is 2. The van der Waals surface area contributed by atoms with Crippen LogP contribution < -0.4 is 10.6 Å². The minimum absolute atomic E-state index is 0. The van der Waals surface area contributed by atoms with E-state index in [2.05, 4.69) is 20.6 Å². The Hall–Kier alpha value is -0.290. The molecule has 1 saturated heterocycles. The Labute approximate surface area is 99.7 Å². The normalized spacial score (nSPS) is 14.6. The molecule has 1 aliphatic rings. The number of hydrogen-bond donors (Lipinski definition) is 2. The van der Waals surface area contributed by atoms with Crippen molar-refractivity contribution in [1.82, 2.24) is 15.3 Å². The summed E-state index contributed by atoms with van der Waals surface area (Å²) in [6, 6.07) is 0.464. The largest absolute Gasteiger partial charge is 0.349 e. The second kappa shape index (κ2) is 6.24. The van der Waals surface area contributed by atoms with Gasteiger partial charge < -0.3 is 10.6 Å². The highest BCUT2D eigenvalue weighted by Crippen LogP contribution is 2.07. The molecule has 80 valence electrons. The first kappa shape index (κ1) is 13.7. The number of nitrogens with one attached hydrogen (secondary N) is 2. The van der Waals surface area contributed by atoms with Crippen molar-refractivity contribution in [2.75, 3.05) is 18.4 Å². The number of nitrogens with zero attached hydrogens (tertiary/aromatic N) is 2. The lowest BCUT2D eigenvalue weighted by Gasteiger charge is -2.27. The average molecular weight is 258 g/mol. The maximum atomic E-state index is 5.63. The summed E-state index contributed by atoms with van der Waals surface area (Å²) in [5.41, 5.74) is 0. The molecule has 7 heteroatoms. The second-order valence-electron chi connectivity index (χ2n) is 2.72. The van der Waals surface area contributed by atoms with Gasteiger partial charge >= 0.3 is 0 Å². The first-order valence-corrected chi connectivity index (χ1v) is 4.17. The molecule has 1 fully saturated rings. The summed E-state index contributed by atoms with van der Waals surface area (Å²) in [4.78, 5) is 8.04. The van der Waals surface area contributed by atoms with E-state index in [-0.39, 0.29) is 24.8 Å². The Balaban J connectivity index is 0.000000845. The van der Waals surface area contributed by atoms with Crippen LogP contribution in [0.2, 0.25) is 5.02 Å². The quantitative estimate of drug-likeness (QED) is 0.840. The monoisotopic (exact) mass is 256 g/mol.